The van der Waals surface area contributed by atoms with Crippen molar-refractivity contribution < 1.29 is 13.2 Å². The number of hydrogen-bond donors (Lipinski definition) is 2. The van der Waals surface area contributed by atoms with Gasteiger partial charge in [0.25, 0.3) is 0 Å². The molecule has 1 amide bonds. The molecule has 0 aliphatic carbocycles. The van der Waals surface area contributed by atoms with Gasteiger partial charge in [0.05, 0.1) is 10.9 Å². The fourth-order valence-electron chi connectivity index (χ4n) is 1.47. The van der Waals surface area contributed by atoms with E-state index < -0.39 is 16.1 Å². The van der Waals surface area contributed by atoms with Crippen LogP contribution in [-0.4, -0.2) is 26.9 Å². The van der Waals surface area contributed by atoms with E-state index in [1.807, 2.05) is 13.8 Å². The number of amides is 1. The van der Waals surface area contributed by atoms with Crippen molar-refractivity contribution in [2.24, 2.45) is 0 Å². The van der Waals surface area contributed by atoms with Crippen LogP contribution in [0.4, 0.5) is 0 Å². The van der Waals surface area contributed by atoms with Gasteiger partial charge in [-0.25, -0.2) is 8.42 Å². The summed E-state index contributed by atoms with van der Waals surface area (Å²) >= 11 is 0. The smallest absolute Gasteiger partial charge is 0.241 e. The first kappa shape index (κ1) is 15.7. The highest BCUT2D eigenvalue weighted by molar-refractivity contribution is 7.89. The number of nitrogens with one attached hydrogen (secondary N) is 2. The molecule has 2 N–H and O–H groups in total. The SMILES string of the molecule is CCCNC(=O)[C@@H](C)NS(=O)(=O)c1ccc(C)cc1. The van der Waals surface area contributed by atoms with Gasteiger partial charge in [-0.15, -0.1) is 0 Å². The van der Waals surface area contributed by atoms with E-state index >= 15 is 0 Å². The summed E-state index contributed by atoms with van der Waals surface area (Å²) < 4.78 is 26.4. The highest BCUT2D eigenvalue weighted by Crippen LogP contribution is 2.10. The van der Waals surface area contributed by atoms with E-state index in [4.69, 9.17) is 0 Å². The average molecular weight is 284 g/mol. The molecule has 1 aromatic carbocycles. The van der Waals surface area contributed by atoms with E-state index in [-0.39, 0.29) is 10.8 Å². The third-order valence-electron chi connectivity index (χ3n) is 2.61. The monoisotopic (exact) mass is 284 g/mol. The summed E-state index contributed by atoms with van der Waals surface area (Å²) in [5, 5.41) is 2.65. The van der Waals surface area contributed by atoms with Crippen LogP contribution in [0.15, 0.2) is 29.2 Å². The Kier molecular flexibility index (Phi) is 5.50. The van der Waals surface area contributed by atoms with Gasteiger partial charge in [0.1, 0.15) is 0 Å². The van der Waals surface area contributed by atoms with Crippen LogP contribution in [0.25, 0.3) is 0 Å². The number of carbonyl (C=O) groups is 1. The summed E-state index contributed by atoms with van der Waals surface area (Å²) in [5.74, 6) is -0.322. The maximum atomic E-state index is 12.0. The number of carbonyl (C=O) groups excluding carboxylic acids is 1. The lowest BCUT2D eigenvalue weighted by Gasteiger charge is -2.14. The van der Waals surface area contributed by atoms with Crippen molar-refractivity contribution in [3.05, 3.63) is 29.8 Å². The fraction of sp³-hybridized carbons (Fsp3) is 0.462. The molecule has 1 aromatic rings. The van der Waals surface area contributed by atoms with Crippen molar-refractivity contribution in [2.45, 2.75) is 38.1 Å². The van der Waals surface area contributed by atoms with Crippen molar-refractivity contribution in [3.8, 4) is 0 Å². The normalized spacial score (nSPS) is 13.0. The predicted octanol–water partition coefficient (Wildman–Crippen LogP) is 1.19. The average Bonchev–Trinajstić information content (AvgIpc) is 2.35. The van der Waals surface area contributed by atoms with Crippen LogP contribution in [0.5, 0.6) is 0 Å². The van der Waals surface area contributed by atoms with Gasteiger partial charge in [-0.3, -0.25) is 4.79 Å². The minimum absolute atomic E-state index is 0.160. The van der Waals surface area contributed by atoms with Gasteiger partial charge in [-0.1, -0.05) is 24.6 Å². The van der Waals surface area contributed by atoms with Crippen LogP contribution < -0.4 is 10.0 Å². The van der Waals surface area contributed by atoms with Gasteiger partial charge in [0.15, 0.2) is 0 Å². The fourth-order valence-corrected chi connectivity index (χ4v) is 2.68. The molecule has 106 valence electrons. The van der Waals surface area contributed by atoms with Crippen molar-refractivity contribution in [1.29, 1.82) is 0 Å². The van der Waals surface area contributed by atoms with Gasteiger partial charge in [-0.05, 0) is 32.4 Å². The van der Waals surface area contributed by atoms with E-state index in [9.17, 15) is 13.2 Å². The maximum Gasteiger partial charge on any atom is 0.241 e. The Bertz CT molecular complexity index is 523. The molecule has 0 aromatic heterocycles. The minimum atomic E-state index is -3.66. The molecule has 1 atom stereocenters. The summed E-state index contributed by atoms with van der Waals surface area (Å²) in [6.45, 7) is 5.87. The van der Waals surface area contributed by atoms with Crippen LogP contribution in [0.1, 0.15) is 25.8 Å². The first-order chi connectivity index (χ1) is 8.86. The Balaban J connectivity index is 2.74. The number of hydrogen-bond acceptors (Lipinski definition) is 3. The summed E-state index contributed by atoms with van der Waals surface area (Å²) in [6, 6.07) is 5.69. The summed E-state index contributed by atoms with van der Waals surface area (Å²) in [5.41, 5.74) is 0.979. The zero-order valence-electron chi connectivity index (χ0n) is 11.4. The summed E-state index contributed by atoms with van der Waals surface area (Å²) in [6.07, 6.45) is 0.809. The molecule has 0 bridgehead atoms. The van der Waals surface area contributed by atoms with Crippen molar-refractivity contribution >= 4 is 15.9 Å². The van der Waals surface area contributed by atoms with E-state index in [1.54, 1.807) is 12.1 Å². The maximum absolute atomic E-state index is 12.0. The molecule has 0 aliphatic heterocycles. The first-order valence-corrected chi connectivity index (χ1v) is 7.72. The number of benzene rings is 1. The molecule has 0 unspecified atom stereocenters. The number of aryl methyl sites for hydroxylation is 1. The van der Waals surface area contributed by atoms with Crippen molar-refractivity contribution in [1.82, 2.24) is 10.0 Å². The molecule has 0 radical (unpaired) electrons. The third kappa shape index (κ3) is 4.65. The third-order valence-corrected chi connectivity index (χ3v) is 4.16. The van der Waals surface area contributed by atoms with Crippen LogP contribution in [0.3, 0.4) is 0 Å². The van der Waals surface area contributed by atoms with Gasteiger partial charge in [-0.2, -0.15) is 4.72 Å². The van der Waals surface area contributed by atoms with Crippen LogP contribution in [0, 0.1) is 6.92 Å². The minimum Gasteiger partial charge on any atom is -0.355 e. The Hall–Kier alpha value is -1.40. The highest BCUT2D eigenvalue weighted by atomic mass is 32.2. The second-order valence-electron chi connectivity index (χ2n) is 4.45. The lowest BCUT2D eigenvalue weighted by atomic mass is 10.2. The van der Waals surface area contributed by atoms with Gasteiger partial charge < -0.3 is 5.32 Å². The number of sulfonamides is 1. The predicted molar refractivity (Wildman–Crippen MR) is 74.3 cm³/mol. The van der Waals surface area contributed by atoms with Gasteiger partial charge in [0.2, 0.25) is 15.9 Å². The number of rotatable bonds is 6. The molecule has 0 aliphatic rings. The quantitative estimate of drug-likeness (QED) is 0.824. The Morgan fingerprint density at radius 3 is 2.37 bits per heavy atom. The lowest BCUT2D eigenvalue weighted by Crippen LogP contribution is -2.44. The van der Waals surface area contributed by atoms with Crippen LogP contribution in [0.2, 0.25) is 0 Å². The first-order valence-electron chi connectivity index (χ1n) is 6.23. The largest absolute Gasteiger partial charge is 0.355 e. The molecular formula is C13H20N2O3S. The Labute approximate surface area is 114 Å². The van der Waals surface area contributed by atoms with Gasteiger partial charge in [0, 0.05) is 6.54 Å². The standard InChI is InChI=1S/C13H20N2O3S/c1-4-9-14-13(16)11(3)15-19(17,18)12-7-5-10(2)6-8-12/h5-8,11,15H,4,9H2,1-3H3,(H,14,16)/t11-/m1/s1. The van der Waals surface area contributed by atoms with Crippen LogP contribution >= 0.6 is 0 Å². The molecule has 0 fully saturated rings. The Morgan fingerprint density at radius 1 is 1.26 bits per heavy atom. The molecule has 1 rings (SSSR count). The second kappa shape index (κ2) is 6.68. The van der Waals surface area contributed by atoms with Gasteiger partial charge >= 0.3 is 0 Å². The molecule has 0 saturated heterocycles. The van der Waals surface area contributed by atoms with E-state index in [1.165, 1.54) is 19.1 Å². The van der Waals surface area contributed by atoms with Crippen molar-refractivity contribution in [2.75, 3.05) is 6.54 Å². The van der Waals surface area contributed by atoms with E-state index in [2.05, 4.69) is 10.0 Å². The van der Waals surface area contributed by atoms with Crippen molar-refractivity contribution in [3.63, 3.8) is 0 Å². The molecule has 19 heavy (non-hydrogen) atoms. The molecular weight excluding hydrogens is 264 g/mol. The second-order valence-corrected chi connectivity index (χ2v) is 6.16. The molecule has 6 heteroatoms. The van der Waals surface area contributed by atoms with E-state index in [0.29, 0.717) is 6.54 Å². The molecule has 0 heterocycles. The van der Waals surface area contributed by atoms with Crippen LogP contribution in [-0.2, 0) is 14.8 Å². The van der Waals surface area contributed by atoms with E-state index in [0.717, 1.165) is 12.0 Å². The molecule has 0 saturated carbocycles. The topological polar surface area (TPSA) is 75.3 Å². The molecule has 0 spiro atoms. The summed E-state index contributed by atoms with van der Waals surface area (Å²) in [7, 11) is -3.66. The lowest BCUT2D eigenvalue weighted by molar-refractivity contribution is -0.122. The Morgan fingerprint density at radius 2 is 1.84 bits per heavy atom. The zero-order valence-corrected chi connectivity index (χ0v) is 12.3. The summed E-state index contributed by atoms with van der Waals surface area (Å²) in [4.78, 5) is 11.8. The highest BCUT2D eigenvalue weighted by Gasteiger charge is 2.21. The molecule has 5 nitrogen and oxygen atoms in total. The zero-order chi connectivity index (χ0) is 14.5.